The molecule has 0 aromatic rings. The van der Waals surface area contributed by atoms with Gasteiger partial charge in [0, 0.05) is 20.2 Å². The highest BCUT2D eigenvalue weighted by Gasteiger charge is 2.42. The smallest absolute Gasteiger partial charge is 0.231 e. The molecule has 0 unspecified atom stereocenters. The van der Waals surface area contributed by atoms with E-state index >= 15 is 0 Å². The van der Waals surface area contributed by atoms with Crippen molar-refractivity contribution in [2.75, 3.05) is 39.9 Å². The van der Waals surface area contributed by atoms with E-state index in [1.807, 2.05) is 0 Å². The molecule has 0 aliphatic carbocycles. The van der Waals surface area contributed by atoms with Crippen LogP contribution in [-0.2, 0) is 9.53 Å². The van der Waals surface area contributed by atoms with E-state index in [1.54, 1.807) is 7.11 Å². The van der Waals surface area contributed by atoms with Gasteiger partial charge in [-0.15, -0.1) is 0 Å². The molecular formula is C16H30N2O2. The van der Waals surface area contributed by atoms with Crippen LogP contribution < -0.4 is 5.32 Å². The molecular weight excluding hydrogens is 252 g/mol. The van der Waals surface area contributed by atoms with E-state index < -0.39 is 0 Å². The minimum absolute atomic E-state index is 0.266. The Labute approximate surface area is 123 Å². The molecule has 0 atom stereocenters. The highest BCUT2D eigenvalue weighted by Crippen LogP contribution is 2.33. The third-order valence-electron chi connectivity index (χ3n) is 5.03. The number of nitrogens with zero attached hydrogens (tertiary/aromatic N) is 1. The van der Waals surface area contributed by atoms with Crippen molar-refractivity contribution in [2.45, 2.75) is 45.4 Å². The number of ether oxygens (including phenoxy) is 1. The van der Waals surface area contributed by atoms with E-state index in [9.17, 15) is 4.79 Å². The van der Waals surface area contributed by atoms with Crippen LogP contribution in [0, 0.1) is 11.3 Å². The second-order valence-corrected chi connectivity index (χ2v) is 6.49. The van der Waals surface area contributed by atoms with Gasteiger partial charge in [0.1, 0.15) is 0 Å². The van der Waals surface area contributed by atoms with Crippen LogP contribution in [-0.4, -0.2) is 50.7 Å². The fraction of sp³-hybridized carbons (Fsp3) is 0.938. The Morgan fingerprint density at radius 3 is 2.50 bits per heavy atom. The number of amides is 1. The molecule has 2 fully saturated rings. The molecule has 2 aliphatic rings. The predicted molar refractivity (Wildman–Crippen MR) is 80.6 cm³/mol. The van der Waals surface area contributed by atoms with Crippen LogP contribution in [0.5, 0.6) is 0 Å². The summed E-state index contributed by atoms with van der Waals surface area (Å²) in [6.07, 6.45) is 6.76. The van der Waals surface area contributed by atoms with Crippen LogP contribution in [0.1, 0.15) is 45.4 Å². The Balaban J connectivity index is 1.95. The van der Waals surface area contributed by atoms with Crippen LogP contribution in [0.25, 0.3) is 0 Å². The highest BCUT2D eigenvalue weighted by atomic mass is 16.5. The summed E-state index contributed by atoms with van der Waals surface area (Å²) in [4.78, 5) is 15.1. The molecule has 1 N–H and O–H groups in total. The normalized spacial score (nSPS) is 23.8. The summed E-state index contributed by atoms with van der Waals surface area (Å²) in [6.45, 7) is 6.58. The first kappa shape index (κ1) is 15.8. The summed E-state index contributed by atoms with van der Waals surface area (Å²) in [5, 5.41) is 3.35. The maximum Gasteiger partial charge on any atom is 0.231 e. The van der Waals surface area contributed by atoms with Gasteiger partial charge in [0.15, 0.2) is 0 Å². The number of hydrogen-bond acceptors (Lipinski definition) is 3. The fourth-order valence-corrected chi connectivity index (χ4v) is 3.77. The molecule has 20 heavy (non-hydrogen) atoms. The zero-order chi connectivity index (χ0) is 14.4. The number of methoxy groups -OCH3 is 1. The Bertz CT molecular complexity index is 300. The van der Waals surface area contributed by atoms with E-state index in [2.05, 4.69) is 17.1 Å². The molecule has 2 rings (SSSR count). The summed E-state index contributed by atoms with van der Waals surface area (Å²) < 4.78 is 5.38. The molecule has 2 aliphatic heterocycles. The average molecular weight is 282 g/mol. The van der Waals surface area contributed by atoms with Gasteiger partial charge in [0.25, 0.3) is 0 Å². The van der Waals surface area contributed by atoms with Gasteiger partial charge >= 0.3 is 0 Å². The minimum Gasteiger partial charge on any atom is -0.384 e. The summed E-state index contributed by atoms with van der Waals surface area (Å²) in [6, 6.07) is 0. The molecule has 116 valence electrons. The van der Waals surface area contributed by atoms with Crippen molar-refractivity contribution in [3.8, 4) is 0 Å². The third-order valence-corrected chi connectivity index (χ3v) is 5.03. The molecule has 0 radical (unpaired) electrons. The van der Waals surface area contributed by atoms with E-state index in [-0.39, 0.29) is 5.41 Å². The minimum atomic E-state index is -0.266. The number of likely N-dealkylation sites (tertiary alicyclic amines) is 1. The molecule has 0 aromatic carbocycles. The number of piperidine rings is 2. The lowest BCUT2D eigenvalue weighted by Gasteiger charge is -2.42. The SMILES string of the molecule is CCCC1CCN(C(=O)C2(COC)CCNCC2)CC1. The van der Waals surface area contributed by atoms with Crippen molar-refractivity contribution >= 4 is 5.91 Å². The van der Waals surface area contributed by atoms with Gasteiger partial charge in [-0.3, -0.25) is 4.79 Å². The lowest BCUT2D eigenvalue weighted by molar-refractivity contribution is -0.149. The largest absolute Gasteiger partial charge is 0.384 e. The third kappa shape index (κ3) is 3.53. The first-order chi connectivity index (χ1) is 9.72. The zero-order valence-corrected chi connectivity index (χ0v) is 13.1. The second kappa shape index (κ2) is 7.41. The van der Waals surface area contributed by atoms with Gasteiger partial charge < -0.3 is 15.0 Å². The van der Waals surface area contributed by atoms with Crippen LogP contribution in [0.2, 0.25) is 0 Å². The Kier molecular flexibility index (Phi) is 5.85. The highest BCUT2D eigenvalue weighted by molar-refractivity contribution is 5.83. The lowest BCUT2D eigenvalue weighted by atomic mass is 9.77. The van der Waals surface area contributed by atoms with Crippen molar-refractivity contribution in [3.05, 3.63) is 0 Å². The molecule has 0 aromatic heterocycles. The van der Waals surface area contributed by atoms with E-state index in [0.717, 1.165) is 44.9 Å². The number of carbonyl (C=O) groups is 1. The zero-order valence-electron chi connectivity index (χ0n) is 13.1. The van der Waals surface area contributed by atoms with Crippen molar-refractivity contribution < 1.29 is 9.53 Å². The topological polar surface area (TPSA) is 41.6 Å². The Morgan fingerprint density at radius 2 is 1.95 bits per heavy atom. The molecule has 1 amide bonds. The molecule has 2 saturated heterocycles. The molecule has 0 spiro atoms. The molecule has 2 heterocycles. The van der Waals surface area contributed by atoms with Crippen LogP contribution in [0.3, 0.4) is 0 Å². The first-order valence-corrected chi connectivity index (χ1v) is 8.21. The van der Waals surface area contributed by atoms with Crippen LogP contribution >= 0.6 is 0 Å². The molecule has 0 bridgehead atoms. The van der Waals surface area contributed by atoms with Gasteiger partial charge in [0.05, 0.1) is 12.0 Å². The van der Waals surface area contributed by atoms with Gasteiger partial charge in [-0.05, 0) is 44.7 Å². The summed E-state index contributed by atoms with van der Waals surface area (Å²) in [7, 11) is 1.71. The molecule has 0 saturated carbocycles. The maximum absolute atomic E-state index is 12.9. The average Bonchev–Trinajstić information content (AvgIpc) is 2.49. The summed E-state index contributed by atoms with van der Waals surface area (Å²) in [5.41, 5.74) is -0.266. The van der Waals surface area contributed by atoms with E-state index in [1.165, 1.54) is 25.7 Å². The quantitative estimate of drug-likeness (QED) is 0.839. The van der Waals surface area contributed by atoms with Gasteiger partial charge in [-0.25, -0.2) is 0 Å². The number of hydrogen-bond donors (Lipinski definition) is 1. The second-order valence-electron chi connectivity index (χ2n) is 6.49. The fourth-order valence-electron chi connectivity index (χ4n) is 3.77. The summed E-state index contributed by atoms with van der Waals surface area (Å²) >= 11 is 0. The maximum atomic E-state index is 12.9. The van der Waals surface area contributed by atoms with Gasteiger partial charge in [-0.1, -0.05) is 19.8 Å². The van der Waals surface area contributed by atoms with Gasteiger partial charge in [0.2, 0.25) is 5.91 Å². The number of carbonyl (C=O) groups excluding carboxylic acids is 1. The molecule has 4 heteroatoms. The molecule has 4 nitrogen and oxygen atoms in total. The number of rotatable bonds is 5. The van der Waals surface area contributed by atoms with Crippen molar-refractivity contribution in [1.82, 2.24) is 10.2 Å². The Hall–Kier alpha value is -0.610. The van der Waals surface area contributed by atoms with Gasteiger partial charge in [-0.2, -0.15) is 0 Å². The van der Waals surface area contributed by atoms with Crippen molar-refractivity contribution in [1.29, 1.82) is 0 Å². The van der Waals surface area contributed by atoms with Crippen molar-refractivity contribution in [3.63, 3.8) is 0 Å². The summed E-state index contributed by atoms with van der Waals surface area (Å²) in [5.74, 6) is 1.17. The van der Waals surface area contributed by atoms with Crippen molar-refractivity contribution in [2.24, 2.45) is 11.3 Å². The van der Waals surface area contributed by atoms with Crippen LogP contribution in [0.4, 0.5) is 0 Å². The van der Waals surface area contributed by atoms with E-state index in [0.29, 0.717) is 12.5 Å². The predicted octanol–water partition coefficient (Wildman–Crippen LogP) is 2.04. The number of nitrogens with one attached hydrogen (secondary N) is 1. The lowest BCUT2D eigenvalue weighted by Crippen LogP contribution is -2.53. The van der Waals surface area contributed by atoms with Crippen LogP contribution in [0.15, 0.2) is 0 Å². The monoisotopic (exact) mass is 282 g/mol. The standard InChI is InChI=1S/C16H30N2O2/c1-3-4-14-5-11-18(12-6-14)15(19)16(13-20-2)7-9-17-10-8-16/h14,17H,3-13H2,1-2H3. The van der Waals surface area contributed by atoms with E-state index in [4.69, 9.17) is 4.74 Å². The first-order valence-electron chi connectivity index (χ1n) is 8.21. The Morgan fingerprint density at radius 1 is 1.30 bits per heavy atom.